The first-order valence-corrected chi connectivity index (χ1v) is 10.6. The van der Waals surface area contributed by atoms with Gasteiger partial charge in [-0.3, -0.25) is 14.5 Å². The molecule has 2 aliphatic rings. The highest BCUT2D eigenvalue weighted by Crippen LogP contribution is 2.24. The van der Waals surface area contributed by atoms with E-state index < -0.39 is 6.10 Å². The van der Waals surface area contributed by atoms with Crippen LogP contribution in [-0.4, -0.2) is 57.5 Å². The van der Waals surface area contributed by atoms with E-state index in [1.54, 1.807) is 6.92 Å². The summed E-state index contributed by atoms with van der Waals surface area (Å²) in [5.74, 6) is 1.00. The number of fused-ring (bicyclic) bond motifs is 1. The van der Waals surface area contributed by atoms with E-state index in [-0.39, 0.29) is 0 Å². The molecule has 0 spiro atoms. The van der Waals surface area contributed by atoms with Gasteiger partial charge in [-0.1, -0.05) is 24.6 Å². The van der Waals surface area contributed by atoms with Crippen LogP contribution in [0.5, 0.6) is 5.75 Å². The summed E-state index contributed by atoms with van der Waals surface area (Å²) in [6.45, 7) is 9.49. The molecule has 1 aromatic carbocycles. The van der Waals surface area contributed by atoms with E-state index in [2.05, 4.69) is 39.2 Å². The van der Waals surface area contributed by atoms with Crippen LogP contribution in [0, 0.1) is 0 Å². The van der Waals surface area contributed by atoms with E-state index in [0.717, 1.165) is 50.8 Å². The lowest BCUT2D eigenvalue weighted by molar-refractivity contribution is 0.177. The summed E-state index contributed by atoms with van der Waals surface area (Å²) in [6, 6.07) is 10.4. The molecule has 2 aromatic rings. The van der Waals surface area contributed by atoms with Crippen molar-refractivity contribution in [2.45, 2.75) is 51.9 Å². The number of rotatable bonds is 7. The van der Waals surface area contributed by atoms with Crippen LogP contribution >= 0.6 is 0 Å². The lowest BCUT2D eigenvalue weighted by Crippen LogP contribution is -2.34. The van der Waals surface area contributed by atoms with Gasteiger partial charge in [0, 0.05) is 31.7 Å². The third-order valence-corrected chi connectivity index (χ3v) is 5.80. The molecule has 1 saturated heterocycles. The Balaban J connectivity index is 1.34. The number of hydrogen-bond acceptors (Lipinski definition) is 5. The second-order valence-electron chi connectivity index (χ2n) is 8.03. The Morgan fingerprint density at radius 1 is 1.07 bits per heavy atom. The Kier molecular flexibility index (Phi) is 6.29. The summed E-state index contributed by atoms with van der Waals surface area (Å²) in [5, 5.41) is 14.3. The van der Waals surface area contributed by atoms with Crippen LogP contribution in [0.15, 0.2) is 30.3 Å². The molecule has 2 aliphatic heterocycles. The smallest absolute Gasteiger partial charge is 0.123 e. The lowest BCUT2D eigenvalue weighted by Gasteiger charge is -2.28. The van der Waals surface area contributed by atoms with Gasteiger partial charge in [0.15, 0.2) is 0 Å². The fourth-order valence-corrected chi connectivity index (χ4v) is 4.17. The molecule has 152 valence electrons. The second-order valence-corrected chi connectivity index (χ2v) is 8.03. The largest absolute Gasteiger partial charge is 0.492 e. The normalized spacial score (nSPS) is 19.4. The maximum atomic E-state index is 9.78. The van der Waals surface area contributed by atoms with Crippen LogP contribution < -0.4 is 4.74 Å². The molecule has 0 aliphatic carbocycles. The van der Waals surface area contributed by atoms with E-state index >= 15 is 0 Å². The number of ether oxygens (including phenoxy) is 1. The SMILES string of the molecule is C[C@@H](O)c1cc2n(n1)CCN(Cc1ccccc1OCCN1CCCCC1)C2. The number of piperidine rings is 1. The molecule has 4 rings (SSSR count). The summed E-state index contributed by atoms with van der Waals surface area (Å²) >= 11 is 0. The van der Waals surface area contributed by atoms with E-state index in [9.17, 15) is 5.11 Å². The summed E-state index contributed by atoms with van der Waals surface area (Å²) in [4.78, 5) is 4.94. The van der Waals surface area contributed by atoms with Crippen molar-refractivity contribution in [1.82, 2.24) is 19.6 Å². The van der Waals surface area contributed by atoms with Gasteiger partial charge in [0.05, 0.1) is 24.0 Å². The van der Waals surface area contributed by atoms with Crippen LogP contribution in [0.2, 0.25) is 0 Å². The van der Waals surface area contributed by atoms with Gasteiger partial charge in [-0.2, -0.15) is 5.10 Å². The second kappa shape index (κ2) is 9.07. The van der Waals surface area contributed by atoms with Crippen LogP contribution in [0.4, 0.5) is 0 Å². The zero-order valence-electron chi connectivity index (χ0n) is 16.9. The maximum absolute atomic E-state index is 9.78. The van der Waals surface area contributed by atoms with Crippen molar-refractivity contribution in [2.24, 2.45) is 0 Å². The standard InChI is InChI=1S/C22H32N4O2/c1-18(27)21-15-20-17-25(11-12-26(20)23-21)16-19-7-3-4-8-22(19)28-14-13-24-9-5-2-6-10-24/h3-4,7-8,15,18,27H,2,5-6,9-14,16-17H2,1H3/t18-/m1/s1. The number of nitrogens with zero attached hydrogens (tertiary/aromatic N) is 4. The zero-order chi connectivity index (χ0) is 19.3. The molecule has 0 saturated carbocycles. The summed E-state index contributed by atoms with van der Waals surface area (Å²) in [6.07, 6.45) is 3.49. The van der Waals surface area contributed by atoms with E-state index in [1.165, 1.54) is 43.6 Å². The zero-order valence-corrected chi connectivity index (χ0v) is 16.9. The first-order chi connectivity index (χ1) is 13.7. The number of aliphatic hydroxyl groups is 1. The van der Waals surface area contributed by atoms with Crippen molar-refractivity contribution in [1.29, 1.82) is 0 Å². The van der Waals surface area contributed by atoms with Gasteiger partial charge in [-0.15, -0.1) is 0 Å². The monoisotopic (exact) mass is 384 g/mol. The summed E-state index contributed by atoms with van der Waals surface area (Å²) in [7, 11) is 0. The number of benzene rings is 1. The summed E-state index contributed by atoms with van der Waals surface area (Å²) in [5.41, 5.74) is 3.17. The highest BCUT2D eigenvalue weighted by molar-refractivity contribution is 5.33. The molecular weight excluding hydrogens is 352 g/mol. The minimum Gasteiger partial charge on any atom is -0.492 e. The van der Waals surface area contributed by atoms with Crippen molar-refractivity contribution >= 4 is 0 Å². The fourth-order valence-electron chi connectivity index (χ4n) is 4.17. The number of likely N-dealkylation sites (tertiary alicyclic amines) is 1. The topological polar surface area (TPSA) is 53.8 Å². The first kappa shape index (κ1) is 19.4. The van der Waals surface area contributed by atoms with Crippen molar-refractivity contribution in [3.05, 3.63) is 47.3 Å². The first-order valence-electron chi connectivity index (χ1n) is 10.6. The predicted octanol–water partition coefficient (Wildman–Crippen LogP) is 2.82. The van der Waals surface area contributed by atoms with Gasteiger partial charge in [0.25, 0.3) is 0 Å². The van der Waals surface area contributed by atoms with Gasteiger partial charge in [0.1, 0.15) is 12.4 Å². The highest BCUT2D eigenvalue weighted by atomic mass is 16.5. The molecular formula is C22H32N4O2. The van der Waals surface area contributed by atoms with Gasteiger partial charge >= 0.3 is 0 Å². The van der Waals surface area contributed by atoms with E-state index in [4.69, 9.17) is 4.74 Å². The minimum absolute atomic E-state index is 0.513. The Morgan fingerprint density at radius 3 is 2.71 bits per heavy atom. The van der Waals surface area contributed by atoms with E-state index in [0.29, 0.717) is 0 Å². The van der Waals surface area contributed by atoms with Crippen LogP contribution in [0.25, 0.3) is 0 Å². The van der Waals surface area contributed by atoms with Crippen LogP contribution in [0.3, 0.4) is 0 Å². The Hall–Kier alpha value is -1.89. The maximum Gasteiger partial charge on any atom is 0.123 e. The molecule has 1 aromatic heterocycles. The van der Waals surface area contributed by atoms with Gasteiger partial charge in [-0.25, -0.2) is 0 Å². The van der Waals surface area contributed by atoms with Gasteiger partial charge in [0.2, 0.25) is 0 Å². The quantitative estimate of drug-likeness (QED) is 0.796. The molecule has 1 fully saturated rings. The lowest BCUT2D eigenvalue weighted by atomic mass is 10.1. The van der Waals surface area contributed by atoms with Crippen LogP contribution in [0.1, 0.15) is 49.2 Å². The number of hydrogen-bond donors (Lipinski definition) is 1. The van der Waals surface area contributed by atoms with Crippen molar-refractivity contribution in [3.63, 3.8) is 0 Å². The molecule has 1 atom stereocenters. The Labute approximate surface area is 167 Å². The Morgan fingerprint density at radius 2 is 1.89 bits per heavy atom. The van der Waals surface area contributed by atoms with Gasteiger partial charge < -0.3 is 9.84 Å². The molecule has 0 amide bonds. The van der Waals surface area contributed by atoms with E-state index in [1.807, 2.05) is 10.7 Å². The molecule has 6 nitrogen and oxygen atoms in total. The molecule has 3 heterocycles. The molecule has 0 bridgehead atoms. The summed E-state index contributed by atoms with van der Waals surface area (Å²) < 4.78 is 8.19. The predicted molar refractivity (Wildman–Crippen MR) is 109 cm³/mol. The third-order valence-electron chi connectivity index (χ3n) is 5.80. The molecule has 1 N–H and O–H groups in total. The van der Waals surface area contributed by atoms with Crippen molar-refractivity contribution in [2.75, 3.05) is 32.8 Å². The molecule has 0 radical (unpaired) electrons. The molecule has 0 unspecified atom stereocenters. The Bertz CT molecular complexity index is 768. The highest BCUT2D eigenvalue weighted by Gasteiger charge is 2.21. The van der Waals surface area contributed by atoms with Crippen molar-refractivity contribution in [3.8, 4) is 5.75 Å². The fraction of sp³-hybridized carbons (Fsp3) is 0.591. The number of aliphatic hydroxyl groups excluding tert-OH is 1. The minimum atomic E-state index is -0.513. The van der Waals surface area contributed by atoms with Crippen molar-refractivity contribution < 1.29 is 9.84 Å². The average molecular weight is 385 g/mol. The molecule has 28 heavy (non-hydrogen) atoms. The van der Waals surface area contributed by atoms with Gasteiger partial charge in [-0.05, 0) is 45.0 Å². The molecule has 6 heteroatoms. The number of aromatic nitrogens is 2. The average Bonchev–Trinajstić information content (AvgIpc) is 3.14. The third kappa shape index (κ3) is 4.74. The van der Waals surface area contributed by atoms with Crippen LogP contribution in [-0.2, 0) is 19.6 Å². The number of para-hydroxylation sites is 1.